The average Bonchev–Trinajstić information content (AvgIpc) is 3.30. The monoisotopic (exact) mass is 471 g/mol. The van der Waals surface area contributed by atoms with Crippen LogP contribution in [-0.4, -0.2) is 53.1 Å². The Bertz CT molecular complexity index is 632. The third-order valence-corrected chi connectivity index (χ3v) is 5.45. The van der Waals surface area contributed by atoms with Crippen LogP contribution >= 0.6 is 35.7 Å². The second kappa shape index (κ2) is 10.7. The molecule has 1 aromatic carbocycles. The first-order chi connectivity index (χ1) is 11.8. The lowest BCUT2D eigenvalue weighted by Gasteiger charge is -2.21. The minimum absolute atomic E-state index is 0. The van der Waals surface area contributed by atoms with Crippen LogP contribution in [0.25, 0.3) is 0 Å². The van der Waals surface area contributed by atoms with Gasteiger partial charge in [-0.15, -0.1) is 35.7 Å². The van der Waals surface area contributed by atoms with E-state index in [1.54, 1.807) is 0 Å². The molecular weight excluding hydrogens is 445 g/mol. The van der Waals surface area contributed by atoms with Crippen molar-refractivity contribution in [1.29, 1.82) is 0 Å². The van der Waals surface area contributed by atoms with Crippen LogP contribution in [0.15, 0.2) is 58.7 Å². The summed E-state index contributed by atoms with van der Waals surface area (Å²) in [6.45, 7) is 3.87. The minimum Gasteiger partial charge on any atom is -0.354 e. The molecule has 1 atom stereocenters. The van der Waals surface area contributed by atoms with E-state index in [2.05, 4.69) is 50.6 Å². The largest absolute Gasteiger partial charge is 0.354 e. The van der Waals surface area contributed by atoms with Crippen LogP contribution in [0.1, 0.15) is 6.42 Å². The van der Waals surface area contributed by atoms with E-state index in [4.69, 9.17) is 0 Å². The lowest BCUT2D eigenvalue weighted by Crippen LogP contribution is -2.41. The maximum absolute atomic E-state index is 4.44. The molecule has 1 saturated heterocycles. The lowest BCUT2D eigenvalue weighted by molar-refractivity contribution is 0.468. The molecule has 0 amide bonds. The highest BCUT2D eigenvalue weighted by Crippen LogP contribution is 2.25. The molecule has 0 bridgehead atoms. The fourth-order valence-corrected chi connectivity index (χ4v) is 3.99. The summed E-state index contributed by atoms with van der Waals surface area (Å²) in [6, 6.07) is 12.6. The van der Waals surface area contributed by atoms with Gasteiger partial charge in [0, 0.05) is 49.7 Å². The number of nitrogens with zero attached hydrogens (tertiary/aromatic N) is 4. The summed E-state index contributed by atoms with van der Waals surface area (Å²) in [4.78, 5) is 8.17. The van der Waals surface area contributed by atoms with Crippen molar-refractivity contribution < 1.29 is 0 Å². The molecule has 25 heavy (non-hydrogen) atoms. The van der Waals surface area contributed by atoms with Crippen molar-refractivity contribution in [2.45, 2.75) is 17.9 Å². The number of halogens is 1. The van der Waals surface area contributed by atoms with Gasteiger partial charge in [0.05, 0.1) is 6.54 Å². The number of thioether (sulfide) groups is 1. The van der Waals surface area contributed by atoms with Gasteiger partial charge in [0.2, 0.25) is 0 Å². The van der Waals surface area contributed by atoms with E-state index in [0.717, 1.165) is 38.1 Å². The summed E-state index contributed by atoms with van der Waals surface area (Å²) >= 11 is 1.96. The van der Waals surface area contributed by atoms with E-state index in [1.165, 1.54) is 17.1 Å². The van der Waals surface area contributed by atoms with Crippen LogP contribution in [0.3, 0.4) is 0 Å². The van der Waals surface area contributed by atoms with Gasteiger partial charge in [0.1, 0.15) is 0 Å². The molecule has 0 saturated carbocycles. The van der Waals surface area contributed by atoms with Crippen molar-refractivity contribution >= 4 is 41.7 Å². The topological polar surface area (TPSA) is 45.5 Å². The van der Waals surface area contributed by atoms with Crippen LogP contribution in [0.4, 0.5) is 0 Å². The van der Waals surface area contributed by atoms with Crippen LogP contribution in [0.2, 0.25) is 0 Å². The summed E-state index contributed by atoms with van der Waals surface area (Å²) in [5.74, 6) is 2.90. The number of guanidine groups is 1. The zero-order valence-corrected chi connectivity index (χ0v) is 17.7. The van der Waals surface area contributed by atoms with Gasteiger partial charge in [-0.1, -0.05) is 18.2 Å². The molecule has 1 aromatic heterocycles. The molecule has 1 N–H and O–H groups in total. The maximum atomic E-state index is 4.44. The molecule has 7 heteroatoms. The molecule has 0 spiro atoms. The molecular formula is C18H26IN5S. The molecule has 1 fully saturated rings. The Morgan fingerprint density at radius 2 is 2.16 bits per heavy atom. The number of hydrogen-bond donors (Lipinski definition) is 1. The Labute approximate surface area is 171 Å². The van der Waals surface area contributed by atoms with Crippen molar-refractivity contribution in [1.82, 2.24) is 20.0 Å². The van der Waals surface area contributed by atoms with E-state index in [-0.39, 0.29) is 24.0 Å². The normalized spacial score (nSPS) is 17.4. The SMILES string of the molecule is CN=C(NCCn1cccn1)N1CCC(CSc2ccccc2)C1.I. The smallest absolute Gasteiger partial charge is 0.193 e. The Balaban J connectivity index is 0.00000225. The van der Waals surface area contributed by atoms with Crippen LogP contribution in [0.5, 0.6) is 0 Å². The Kier molecular flexibility index (Phi) is 8.60. The highest BCUT2D eigenvalue weighted by atomic mass is 127. The zero-order valence-electron chi connectivity index (χ0n) is 14.5. The highest BCUT2D eigenvalue weighted by Gasteiger charge is 2.24. The van der Waals surface area contributed by atoms with Gasteiger partial charge in [-0.25, -0.2) is 0 Å². The lowest BCUT2D eigenvalue weighted by atomic mass is 10.2. The second-order valence-corrected chi connectivity index (χ2v) is 7.06. The maximum Gasteiger partial charge on any atom is 0.193 e. The standard InChI is InChI=1S/C18H25N5S.HI/c1-19-18(20-10-13-23-11-5-9-21-23)22-12-8-16(14-22)15-24-17-6-3-2-4-7-17;/h2-7,9,11,16H,8,10,12-15H2,1H3,(H,19,20);1H. The molecule has 1 aliphatic heterocycles. The minimum atomic E-state index is 0. The van der Waals surface area contributed by atoms with Crippen molar-refractivity contribution in [2.24, 2.45) is 10.9 Å². The predicted molar refractivity (Wildman–Crippen MR) is 116 cm³/mol. The number of nitrogens with one attached hydrogen (secondary N) is 1. The number of aromatic nitrogens is 2. The van der Waals surface area contributed by atoms with E-state index >= 15 is 0 Å². The number of aliphatic imine (C=N–C) groups is 1. The van der Waals surface area contributed by atoms with Gasteiger partial charge < -0.3 is 10.2 Å². The molecule has 2 aromatic rings. The van der Waals surface area contributed by atoms with E-state index in [9.17, 15) is 0 Å². The molecule has 0 aliphatic carbocycles. The fourth-order valence-electron chi connectivity index (χ4n) is 2.94. The van der Waals surface area contributed by atoms with Gasteiger partial charge >= 0.3 is 0 Å². The van der Waals surface area contributed by atoms with Crippen LogP contribution < -0.4 is 5.32 Å². The molecule has 136 valence electrons. The first-order valence-electron chi connectivity index (χ1n) is 8.46. The first kappa shape index (κ1) is 20.1. The van der Waals surface area contributed by atoms with Crippen LogP contribution in [-0.2, 0) is 6.54 Å². The number of benzene rings is 1. The zero-order chi connectivity index (χ0) is 16.6. The number of likely N-dealkylation sites (tertiary alicyclic amines) is 1. The molecule has 1 aliphatic rings. The Morgan fingerprint density at radius 3 is 2.88 bits per heavy atom. The van der Waals surface area contributed by atoms with Crippen molar-refractivity contribution in [3.8, 4) is 0 Å². The summed E-state index contributed by atoms with van der Waals surface area (Å²) in [5, 5.41) is 7.67. The summed E-state index contributed by atoms with van der Waals surface area (Å²) < 4.78 is 1.93. The quantitative estimate of drug-likeness (QED) is 0.304. The van der Waals surface area contributed by atoms with Crippen molar-refractivity contribution in [3.63, 3.8) is 0 Å². The van der Waals surface area contributed by atoms with E-state index < -0.39 is 0 Å². The van der Waals surface area contributed by atoms with Crippen molar-refractivity contribution in [2.75, 3.05) is 32.4 Å². The highest BCUT2D eigenvalue weighted by molar-refractivity contribution is 14.0. The summed E-state index contributed by atoms with van der Waals surface area (Å²) in [6.07, 6.45) is 5.03. The average molecular weight is 471 g/mol. The third-order valence-electron chi connectivity index (χ3n) is 4.21. The second-order valence-electron chi connectivity index (χ2n) is 5.97. The molecule has 1 unspecified atom stereocenters. The number of hydrogen-bond acceptors (Lipinski definition) is 3. The van der Waals surface area contributed by atoms with Gasteiger partial charge in [-0.3, -0.25) is 9.67 Å². The first-order valence-corrected chi connectivity index (χ1v) is 9.44. The summed E-state index contributed by atoms with van der Waals surface area (Å²) in [7, 11) is 1.86. The van der Waals surface area contributed by atoms with Gasteiger partial charge in [0.15, 0.2) is 5.96 Å². The number of rotatable bonds is 6. The van der Waals surface area contributed by atoms with Gasteiger partial charge in [0.25, 0.3) is 0 Å². The fraction of sp³-hybridized carbons (Fsp3) is 0.444. The summed E-state index contributed by atoms with van der Waals surface area (Å²) in [5.41, 5.74) is 0. The molecule has 3 rings (SSSR count). The van der Waals surface area contributed by atoms with Crippen molar-refractivity contribution in [3.05, 3.63) is 48.8 Å². The molecule has 5 nitrogen and oxygen atoms in total. The molecule has 0 radical (unpaired) electrons. The molecule has 2 heterocycles. The van der Waals surface area contributed by atoms with E-state index in [1.807, 2.05) is 42.0 Å². The Hall–Kier alpha value is -1.22. The predicted octanol–water partition coefficient (Wildman–Crippen LogP) is 3.19. The van der Waals surface area contributed by atoms with E-state index in [0.29, 0.717) is 0 Å². The third kappa shape index (κ3) is 6.22. The van der Waals surface area contributed by atoms with Gasteiger partial charge in [-0.2, -0.15) is 5.10 Å². The van der Waals surface area contributed by atoms with Gasteiger partial charge in [-0.05, 0) is 30.5 Å². The van der Waals surface area contributed by atoms with Crippen LogP contribution in [0, 0.1) is 5.92 Å². The Morgan fingerprint density at radius 1 is 1.32 bits per heavy atom.